The highest BCUT2D eigenvalue weighted by atomic mass is 35.5. The van der Waals surface area contributed by atoms with Crippen molar-refractivity contribution in [2.45, 2.75) is 5.16 Å². The number of benzene rings is 1. The highest BCUT2D eigenvalue weighted by molar-refractivity contribution is 7.99. The van der Waals surface area contributed by atoms with Crippen molar-refractivity contribution >= 4 is 40.3 Å². The predicted octanol–water partition coefficient (Wildman–Crippen LogP) is 2.70. The Balaban J connectivity index is 2.21. The number of thioether (sulfide) groups is 1. The minimum atomic E-state index is -0.172. The fourth-order valence-electron chi connectivity index (χ4n) is 2.45. The van der Waals surface area contributed by atoms with Gasteiger partial charge in [-0.2, -0.15) is 5.26 Å². The predicted molar refractivity (Wildman–Crippen MR) is 102 cm³/mol. The first kappa shape index (κ1) is 18.8. The first-order chi connectivity index (χ1) is 13.0. The van der Waals surface area contributed by atoms with Crippen LogP contribution in [0.15, 0.2) is 23.5 Å². The van der Waals surface area contributed by atoms with Gasteiger partial charge in [-0.15, -0.1) is 0 Å². The number of methoxy groups -OCH3 is 1. The number of aromatic amines is 1. The van der Waals surface area contributed by atoms with Gasteiger partial charge in [0.2, 0.25) is 5.91 Å². The molecule has 0 aliphatic carbocycles. The van der Waals surface area contributed by atoms with Gasteiger partial charge in [0.15, 0.2) is 16.7 Å². The summed E-state index contributed by atoms with van der Waals surface area (Å²) in [4.78, 5) is 23.3. The molecule has 3 aromatic rings. The molecular formula is C17H14ClN5O3S. The van der Waals surface area contributed by atoms with Crippen LogP contribution in [0.5, 0.6) is 11.5 Å². The third kappa shape index (κ3) is 3.63. The number of fused-ring (bicyclic) bond motifs is 1. The number of aromatic hydroxyl groups is 1. The second-order valence-electron chi connectivity index (χ2n) is 5.36. The molecule has 27 heavy (non-hydrogen) atoms. The number of carbonyl (C=O) groups excluding carboxylic acids is 1. The van der Waals surface area contributed by atoms with Gasteiger partial charge in [0.1, 0.15) is 11.7 Å². The lowest BCUT2D eigenvalue weighted by molar-refractivity contribution is -0.118. The standard InChI is InChI=1S/C17H14ClN5O3S/c1-20-13(25)7-27-17-22-15(14-8(5-19)6-21-16(14)23-17)9-3-11(24)12(26-2)4-10(9)18/h3-4,6,24H,7H2,1-2H3,(H,20,25)(H,21,22,23). The monoisotopic (exact) mass is 403 g/mol. The summed E-state index contributed by atoms with van der Waals surface area (Å²) in [7, 11) is 2.96. The van der Waals surface area contributed by atoms with Crippen molar-refractivity contribution in [3.63, 3.8) is 0 Å². The summed E-state index contributed by atoms with van der Waals surface area (Å²) in [5.41, 5.74) is 1.57. The van der Waals surface area contributed by atoms with Gasteiger partial charge in [-0.1, -0.05) is 23.4 Å². The summed E-state index contributed by atoms with van der Waals surface area (Å²) < 4.78 is 5.06. The molecule has 0 aliphatic rings. The van der Waals surface area contributed by atoms with E-state index in [0.29, 0.717) is 33.0 Å². The van der Waals surface area contributed by atoms with Crippen molar-refractivity contribution < 1.29 is 14.6 Å². The smallest absolute Gasteiger partial charge is 0.230 e. The van der Waals surface area contributed by atoms with E-state index in [1.807, 2.05) is 0 Å². The molecule has 0 aliphatic heterocycles. The van der Waals surface area contributed by atoms with Crippen molar-refractivity contribution in [1.82, 2.24) is 20.3 Å². The quantitative estimate of drug-likeness (QED) is 0.442. The summed E-state index contributed by atoms with van der Waals surface area (Å²) in [6.45, 7) is 0. The average molecular weight is 404 g/mol. The molecule has 0 saturated heterocycles. The van der Waals surface area contributed by atoms with Gasteiger partial charge in [-0.3, -0.25) is 4.79 Å². The maximum absolute atomic E-state index is 11.5. The van der Waals surface area contributed by atoms with Gasteiger partial charge >= 0.3 is 0 Å². The Bertz CT molecular complexity index is 1080. The Morgan fingerprint density at radius 3 is 2.93 bits per heavy atom. The number of nitrogens with zero attached hydrogens (tertiary/aromatic N) is 3. The van der Waals surface area contributed by atoms with Crippen LogP contribution in [0.25, 0.3) is 22.3 Å². The highest BCUT2D eigenvalue weighted by Gasteiger charge is 2.20. The molecule has 1 aromatic carbocycles. The number of ether oxygens (including phenoxy) is 1. The number of halogens is 1. The average Bonchev–Trinajstić information content (AvgIpc) is 3.10. The van der Waals surface area contributed by atoms with Crippen molar-refractivity contribution in [3.05, 3.63) is 28.9 Å². The Morgan fingerprint density at radius 2 is 2.26 bits per heavy atom. The molecule has 1 amide bonds. The number of aromatic nitrogens is 3. The second kappa shape index (κ2) is 7.73. The number of amides is 1. The van der Waals surface area contributed by atoms with Crippen LogP contribution in [0.2, 0.25) is 5.02 Å². The Kier molecular flexibility index (Phi) is 5.39. The number of nitrogens with one attached hydrogen (secondary N) is 2. The van der Waals surface area contributed by atoms with Crippen LogP contribution < -0.4 is 10.1 Å². The third-order valence-corrected chi connectivity index (χ3v) is 4.93. The number of rotatable bonds is 5. The molecular weight excluding hydrogens is 390 g/mol. The number of carbonyl (C=O) groups is 1. The fourth-order valence-corrected chi connectivity index (χ4v) is 3.41. The molecule has 0 fully saturated rings. The fraction of sp³-hybridized carbons (Fsp3) is 0.176. The van der Waals surface area contributed by atoms with E-state index in [9.17, 15) is 15.2 Å². The topological polar surface area (TPSA) is 124 Å². The normalized spacial score (nSPS) is 10.6. The van der Waals surface area contributed by atoms with Crippen LogP contribution in [0.3, 0.4) is 0 Å². The number of H-pyrrole nitrogens is 1. The van der Waals surface area contributed by atoms with Crippen LogP contribution >= 0.6 is 23.4 Å². The Hall–Kier alpha value is -2.96. The molecule has 3 rings (SSSR count). The van der Waals surface area contributed by atoms with E-state index in [-0.39, 0.29) is 28.2 Å². The molecule has 3 N–H and O–H groups in total. The zero-order valence-electron chi connectivity index (χ0n) is 14.3. The zero-order chi connectivity index (χ0) is 19.6. The van der Waals surface area contributed by atoms with Gasteiger partial charge in [-0.05, 0) is 6.07 Å². The van der Waals surface area contributed by atoms with E-state index < -0.39 is 0 Å². The molecule has 2 heterocycles. The Labute approximate surface area is 163 Å². The summed E-state index contributed by atoms with van der Waals surface area (Å²) in [6, 6.07) is 4.97. The molecule has 2 aromatic heterocycles. The highest BCUT2D eigenvalue weighted by Crippen LogP contribution is 2.40. The summed E-state index contributed by atoms with van der Waals surface area (Å²) in [5.74, 6) is 0.0687. The van der Waals surface area contributed by atoms with E-state index in [1.54, 1.807) is 7.05 Å². The van der Waals surface area contributed by atoms with Crippen LogP contribution in [-0.2, 0) is 4.79 Å². The molecule has 0 radical (unpaired) electrons. The first-order valence-electron chi connectivity index (χ1n) is 7.68. The second-order valence-corrected chi connectivity index (χ2v) is 6.71. The minimum Gasteiger partial charge on any atom is -0.504 e. The Morgan fingerprint density at radius 1 is 1.48 bits per heavy atom. The summed E-state index contributed by atoms with van der Waals surface area (Å²) in [5, 5.41) is 23.2. The lowest BCUT2D eigenvalue weighted by Crippen LogP contribution is -2.19. The minimum absolute atomic E-state index is 0.114. The van der Waals surface area contributed by atoms with E-state index in [4.69, 9.17) is 16.3 Å². The third-order valence-electron chi connectivity index (χ3n) is 3.77. The summed E-state index contributed by atoms with van der Waals surface area (Å²) in [6.07, 6.45) is 1.52. The molecule has 0 saturated carbocycles. The van der Waals surface area contributed by atoms with Gasteiger partial charge in [0.05, 0.1) is 34.5 Å². The van der Waals surface area contributed by atoms with E-state index in [0.717, 1.165) is 11.8 Å². The van der Waals surface area contributed by atoms with E-state index in [2.05, 4.69) is 26.3 Å². The first-order valence-corrected chi connectivity index (χ1v) is 9.04. The largest absolute Gasteiger partial charge is 0.504 e. The van der Waals surface area contributed by atoms with E-state index >= 15 is 0 Å². The maximum Gasteiger partial charge on any atom is 0.230 e. The van der Waals surface area contributed by atoms with Crippen LogP contribution in [0.1, 0.15) is 5.56 Å². The zero-order valence-corrected chi connectivity index (χ0v) is 15.9. The van der Waals surface area contributed by atoms with Gasteiger partial charge < -0.3 is 20.1 Å². The van der Waals surface area contributed by atoms with Crippen molar-refractivity contribution in [2.24, 2.45) is 0 Å². The number of phenolic OH excluding ortho intramolecular Hbond substituents is 1. The molecule has 138 valence electrons. The van der Waals surface area contributed by atoms with Crippen LogP contribution in [0, 0.1) is 11.3 Å². The summed E-state index contributed by atoms with van der Waals surface area (Å²) >= 11 is 7.51. The SMILES string of the molecule is CNC(=O)CSc1nc(-c2cc(O)c(OC)cc2Cl)c2c(C#N)c[nH]c2n1. The molecule has 0 bridgehead atoms. The van der Waals surface area contributed by atoms with Crippen LogP contribution in [0.4, 0.5) is 0 Å². The van der Waals surface area contributed by atoms with Gasteiger partial charge in [0, 0.05) is 24.9 Å². The lowest BCUT2D eigenvalue weighted by Gasteiger charge is -2.11. The molecule has 0 unspecified atom stereocenters. The van der Waals surface area contributed by atoms with Gasteiger partial charge in [-0.25, -0.2) is 9.97 Å². The lowest BCUT2D eigenvalue weighted by atomic mass is 10.1. The number of nitriles is 1. The molecule has 0 atom stereocenters. The molecule has 8 nitrogen and oxygen atoms in total. The van der Waals surface area contributed by atoms with Crippen LogP contribution in [-0.4, -0.2) is 45.9 Å². The van der Waals surface area contributed by atoms with Crippen molar-refractivity contribution in [3.8, 4) is 28.8 Å². The number of hydrogen-bond acceptors (Lipinski definition) is 7. The number of phenols is 1. The molecule has 10 heteroatoms. The van der Waals surface area contributed by atoms with E-state index in [1.165, 1.54) is 25.4 Å². The van der Waals surface area contributed by atoms with Crippen molar-refractivity contribution in [1.29, 1.82) is 5.26 Å². The van der Waals surface area contributed by atoms with Gasteiger partial charge in [0.25, 0.3) is 0 Å². The number of hydrogen-bond donors (Lipinski definition) is 3. The maximum atomic E-state index is 11.5. The molecule has 0 spiro atoms. The van der Waals surface area contributed by atoms with Crippen molar-refractivity contribution in [2.75, 3.05) is 19.9 Å².